The van der Waals surface area contributed by atoms with Crippen molar-refractivity contribution in [1.82, 2.24) is 40.4 Å². The number of carbonyl (C=O) groups excluding carboxylic acids is 4. The molecule has 3 saturated heterocycles. The number of ether oxygens (including phenoxy) is 3. The molecule has 15 heteroatoms. The van der Waals surface area contributed by atoms with Gasteiger partial charge in [0, 0.05) is 52.1 Å². The zero-order valence-corrected chi connectivity index (χ0v) is 40.3. The number of piperidine rings is 1. The fourth-order valence-corrected chi connectivity index (χ4v) is 8.82. The summed E-state index contributed by atoms with van der Waals surface area (Å²) >= 11 is 0. The molecule has 5 atom stereocenters. The number of hydrogen-bond donors (Lipinski definition) is 4. The molecule has 4 unspecified atom stereocenters. The van der Waals surface area contributed by atoms with Crippen LogP contribution in [0.25, 0.3) is 44.4 Å². The summed E-state index contributed by atoms with van der Waals surface area (Å²) in [5.41, 5.74) is 6.39. The van der Waals surface area contributed by atoms with Gasteiger partial charge in [-0.1, -0.05) is 69.3 Å². The molecule has 362 valence electrons. The second-order valence-corrected chi connectivity index (χ2v) is 17.0. The molecule has 15 nitrogen and oxygen atoms in total. The summed E-state index contributed by atoms with van der Waals surface area (Å²) in [6.45, 7) is 9.59. The predicted octanol–water partition coefficient (Wildman–Crippen LogP) is 7.88. The Morgan fingerprint density at radius 1 is 0.824 bits per heavy atom. The number of nitrogens with zero attached hydrogens (tertiary/aromatic N) is 4. The molecule has 2 aromatic heterocycles. The summed E-state index contributed by atoms with van der Waals surface area (Å²) in [7, 11) is 4.54. The SMILES string of the molecule is C#C.C#C.C1CCOCC1.CC(C)C(NC=O)C(=O)N1CCC[C@H]1c1ncc(-c2ccc3cc(-c4ccc(-c5cnc[nH]5)cc4)ccc3c2)[nH]1.COC.COC(=O)NCC(=O)N1CCC2C(C)C21. The van der Waals surface area contributed by atoms with Gasteiger partial charge in [0.1, 0.15) is 18.4 Å². The van der Waals surface area contributed by atoms with Crippen LogP contribution in [0.4, 0.5) is 4.79 Å². The maximum Gasteiger partial charge on any atom is 0.407 e. The van der Waals surface area contributed by atoms with Crippen molar-refractivity contribution in [1.29, 1.82) is 0 Å². The van der Waals surface area contributed by atoms with E-state index in [4.69, 9.17) is 4.74 Å². The average molecular weight is 929 g/mol. The highest BCUT2D eigenvalue weighted by atomic mass is 16.5. The molecule has 4 amide bonds. The molecule has 0 radical (unpaired) electrons. The van der Waals surface area contributed by atoms with Gasteiger partial charge in [0.25, 0.3) is 0 Å². The highest BCUT2D eigenvalue weighted by molar-refractivity contribution is 5.91. The summed E-state index contributed by atoms with van der Waals surface area (Å²) in [4.78, 5) is 65.9. The number of likely N-dealkylation sites (tertiary alicyclic amines) is 2. The fraction of sp³-hybridized carbons (Fsp3) is 0.434. The third kappa shape index (κ3) is 14.3. The lowest BCUT2D eigenvalue weighted by molar-refractivity contribution is -0.137. The summed E-state index contributed by atoms with van der Waals surface area (Å²) in [5, 5.41) is 7.41. The van der Waals surface area contributed by atoms with Gasteiger partial charge in [-0.25, -0.2) is 14.8 Å². The first kappa shape index (κ1) is 53.7. The predicted molar refractivity (Wildman–Crippen MR) is 267 cm³/mol. The zero-order chi connectivity index (χ0) is 49.6. The Morgan fingerprint density at radius 3 is 2.00 bits per heavy atom. The van der Waals surface area contributed by atoms with E-state index in [0.717, 1.165) is 89.3 Å². The van der Waals surface area contributed by atoms with E-state index in [1.165, 1.54) is 26.4 Å². The lowest BCUT2D eigenvalue weighted by Gasteiger charge is -2.29. The minimum atomic E-state index is -0.553. The van der Waals surface area contributed by atoms with Gasteiger partial charge >= 0.3 is 6.09 Å². The van der Waals surface area contributed by atoms with E-state index in [2.05, 4.69) is 133 Å². The number of fused-ring (bicyclic) bond motifs is 2. The molecule has 3 aromatic carbocycles. The van der Waals surface area contributed by atoms with Crippen molar-refractivity contribution in [3.8, 4) is 59.3 Å². The smallest absolute Gasteiger partial charge is 0.407 e. The van der Waals surface area contributed by atoms with Crippen LogP contribution in [0.15, 0.2) is 79.4 Å². The molecule has 9 rings (SSSR count). The van der Waals surface area contributed by atoms with Crippen LogP contribution >= 0.6 is 0 Å². The topological polar surface area (TPSA) is 184 Å². The number of imidazole rings is 2. The van der Waals surface area contributed by atoms with Gasteiger partial charge in [0.05, 0.1) is 43.3 Å². The fourth-order valence-electron chi connectivity index (χ4n) is 8.82. The first-order chi connectivity index (χ1) is 33.1. The van der Waals surface area contributed by atoms with Crippen molar-refractivity contribution in [3.05, 3.63) is 85.2 Å². The Morgan fingerprint density at radius 2 is 1.46 bits per heavy atom. The molecule has 4 N–H and O–H groups in total. The van der Waals surface area contributed by atoms with Crippen LogP contribution in [0, 0.1) is 43.4 Å². The van der Waals surface area contributed by atoms with Crippen LogP contribution in [0.5, 0.6) is 0 Å². The minimum absolute atomic E-state index is 0.00255. The Labute approximate surface area is 401 Å². The van der Waals surface area contributed by atoms with E-state index < -0.39 is 12.1 Å². The van der Waals surface area contributed by atoms with Crippen LogP contribution in [0.3, 0.4) is 0 Å². The highest BCUT2D eigenvalue weighted by Gasteiger charge is 2.55. The number of methoxy groups -OCH3 is 2. The number of rotatable bonds is 10. The largest absolute Gasteiger partial charge is 0.453 e. The van der Waals surface area contributed by atoms with E-state index in [-0.39, 0.29) is 30.3 Å². The molecule has 3 aliphatic heterocycles. The first-order valence-electron chi connectivity index (χ1n) is 23.0. The second-order valence-electron chi connectivity index (χ2n) is 17.0. The number of aromatic amines is 2. The number of alkyl carbamates (subject to hydrolysis) is 1. The third-order valence-electron chi connectivity index (χ3n) is 12.3. The number of carbonyl (C=O) groups is 4. The van der Waals surface area contributed by atoms with Gasteiger partial charge < -0.3 is 44.6 Å². The van der Waals surface area contributed by atoms with Crippen molar-refractivity contribution >= 4 is 35.1 Å². The van der Waals surface area contributed by atoms with E-state index in [0.29, 0.717) is 30.8 Å². The van der Waals surface area contributed by atoms with Gasteiger partial charge in [0.15, 0.2) is 0 Å². The number of amides is 4. The molecule has 1 saturated carbocycles. The number of hydrogen-bond acceptors (Lipinski definition) is 9. The minimum Gasteiger partial charge on any atom is -0.453 e. The molecule has 1 aliphatic carbocycles. The van der Waals surface area contributed by atoms with Crippen molar-refractivity contribution in [3.63, 3.8) is 0 Å². The van der Waals surface area contributed by atoms with Crippen LogP contribution in [0.1, 0.15) is 71.2 Å². The van der Waals surface area contributed by atoms with Crippen LogP contribution < -0.4 is 10.6 Å². The van der Waals surface area contributed by atoms with Crippen molar-refractivity contribution in [2.45, 2.75) is 77.4 Å². The van der Waals surface area contributed by atoms with E-state index in [1.54, 1.807) is 20.5 Å². The molecule has 5 aromatic rings. The lowest BCUT2D eigenvalue weighted by atomic mass is 9.98. The number of benzene rings is 3. The molecule has 4 aliphatic rings. The Kier molecular flexibility index (Phi) is 21.8. The van der Waals surface area contributed by atoms with Crippen LogP contribution in [0.2, 0.25) is 0 Å². The van der Waals surface area contributed by atoms with Gasteiger partial charge in [0.2, 0.25) is 18.2 Å². The summed E-state index contributed by atoms with van der Waals surface area (Å²) in [5.74, 6) is 2.07. The Balaban J connectivity index is 0.000000293. The zero-order valence-electron chi connectivity index (χ0n) is 40.3. The summed E-state index contributed by atoms with van der Waals surface area (Å²) in [6.07, 6.45) is 28.2. The second kappa shape index (κ2) is 27.6. The van der Waals surface area contributed by atoms with Crippen molar-refractivity contribution in [2.75, 3.05) is 54.2 Å². The number of aromatic nitrogens is 4. The number of terminal acetylenes is 2. The number of H-pyrrole nitrogens is 2. The molecule has 4 fully saturated rings. The van der Waals surface area contributed by atoms with Crippen molar-refractivity contribution < 1.29 is 33.4 Å². The van der Waals surface area contributed by atoms with Crippen LogP contribution in [-0.2, 0) is 28.6 Å². The molecular weight excluding hydrogens is 861 g/mol. The molecule has 0 spiro atoms. The lowest BCUT2D eigenvalue weighted by Crippen LogP contribution is -2.48. The normalized spacial score (nSPS) is 18.9. The van der Waals surface area contributed by atoms with Gasteiger partial charge in [-0.2, -0.15) is 0 Å². The summed E-state index contributed by atoms with van der Waals surface area (Å²) < 4.78 is 13.7. The van der Waals surface area contributed by atoms with E-state index in [1.807, 2.05) is 36.0 Å². The monoisotopic (exact) mass is 929 g/mol. The van der Waals surface area contributed by atoms with E-state index in [9.17, 15) is 19.2 Å². The van der Waals surface area contributed by atoms with Gasteiger partial charge in [-0.05, 0) is 95.9 Å². The summed E-state index contributed by atoms with van der Waals surface area (Å²) in [6, 6.07) is 21.2. The van der Waals surface area contributed by atoms with Crippen LogP contribution in [-0.4, -0.2) is 120 Å². The quantitative estimate of drug-likeness (QED) is 0.0800. The Hall–Kier alpha value is -6.94. The third-order valence-corrected chi connectivity index (χ3v) is 12.3. The maximum absolute atomic E-state index is 13.2. The maximum atomic E-state index is 13.2. The molecule has 0 bridgehead atoms. The van der Waals surface area contributed by atoms with Gasteiger partial charge in [-0.3, -0.25) is 14.4 Å². The molecule has 68 heavy (non-hydrogen) atoms. The Bertz CT molecular complexity index is 2350. The molecule has 5 heterocycles. The first-order valence-corrected chi connectivity index (χ1v) is 23.0. The van der Waals surface area contributed by atoms with Crippen molar-refractivity contribution in [2.24, 2.45) is 17.8 Å². The number of nitrogens with one attached hydrogen (secondary N) is 4. The van der Waals surface area contributed by atoms with E-state index >= 15 is 0 Å². The standard InChI is InChI=1S/C32H32N6O2.C10H16N2O3.C5H10O.C2H6O.2C2H2/c1-20(2)30(36-19-39)32(40)38-13-3-4-29(38)31-34-17-28(37-31)26-12-11-24-14-23(9-10-25(24)15-26)21-5-7-22(8-6-21)27-16-33-18-35-27;1-6-7-3-4-12(9(6)7)8(13)5-11-10(14)15-2;1-2-4-6-5-3-1;1-3-2;2*1-2/h5-12,14-20,29-30H,3-4,13H2,1-2H3,(H,33,35)(H,34,37)(H,36,39);6-7,9H,3-5H2,1-2H3,(H,11,14);1-5H2;1-2H3;2*1-2H/t29-,30?;;;;;/m0...../s1. The molecular formula is C53H68N8O7. The highest BCUT2D eigenvalue weighted by Crippen LogP contribution is 2.50. The average Bonchev–Trinajstić information content (AvgIpc) is 4.11. The van der Waals surface area contributed by atoms with Gasteiger partial charge in [-0.15, -0.1) is 25.7 Å².